The molecule has 0 bridgehead atoms. The van der Waals surface area contributed by atoms with Crippen molar-refractivity contribution in [1.82, 2.24) is 13.9 Å². The number of rotatable bonds is 3. The zero-order valence-electron chi connectivity index (χ0n) is 12.6. The van der Waals surface area contributed by atoms with E-state index in [9.17, 15) is 8.42 Å². The molecule has 1 aromatic rings. The number of nitrogen functional groups attached to an aromatic ring is 1. The third-order valence-corrected chi connectivity index (χ3v) is 6.40. The number of hydrogen-bond donors (Lipinski definition) is 1. The van der Waals surface area contributed by atoms with E-state index in [0.29, 0.717) is 5.41 Å². The molecule has 20 heavy (non-hydrogen) atoms. The summed E-state index contributed by atoms with van der Waals surface area (Å²) in [4.78, 5) is 3.87. The molecule has 0 radical (unpaired) electrons. The lowest BCUT2D eigenvalue weighted by Crippen LogP contribution is -2.41. The predicted octanol–water partition coefficient (Wildman–Crippen LogP) is 1.59. The summed E-state index contributed by atoms with van der Waals surface area (Å²) < 4.78 is 28.3. The van der Waals surface area contributed by atoms with Crippen LogP contribution in [0.4, 0.5) is 5.82 Å². The van der Waals surface area contributed by atoms with Gasteiger partial charge in [-0.25, -0.2) is 13.4 Å². The number of nitrogens with zero attached hydrogens (tertiary/aromatic N) is 3. The van der Waals surface area contributed by atoms with Crippen LogP contribution in [0, 0.1) is 5.41 Å². The molecule has 0 amide bonds. The fourth-order valence-electron chi connectivity index (χ4n) is 2.83. The molecule has 1 saturated carbocycles. The van der Waals surface area contributed by atoms with Crippen molar-refractivity contribution in [1.29, 1.82) is 0 Å². The molecule has 1 aliphatic rings. The SMILES string of the molecule is CN(C1CCC(C)(C)CC1)S(=O)(=O)c1c(N)ncn1C. The molecule has 0 aliphatic heterocycles. The first-order chi connectivity index (χ1) is 9.15. The molecule has 0 unspecified atom stereocenters. The second-order valence-corrected chi connectivity index (χ2v) is 8.38. The van der Waals surface area contributed by atoms with Crippen molar-refractivity contribution in [2.75, 3.05) is 12.8 Å². The van der Waals surface area contributed by atoms with Crippen LogP contribution in [0.5, 0.6) is 0 Å². The fourth-order valence-corrected chi connectivity index (χ4v) is 4.44. The van der Waals surface area contributed by atoms with E-state index >= 15 is 0 Å². The minimum atomic E-state index is -3.59. The van der Waals surface area contributed by atoms with Crippen molar-refractivity contribution >= 4 is 15.8 Å². The normalized spacial score (nSPS) is 20.4. The second kappa shape index (κ2) is 5.04. The number of nitrogens with two attached hydrogens (primary N) is 1. The highest BCUT2D eigenvalue weighted by molar-refractivity contribution is 7.89. The zero-order chi connectivity index (χ0) is 15.1. The molecule has 1 heterocycles. The van der Waals surface area contributed by atoms with Crippen LogP contribution >= 0.6 is 0 Å². The van der Waals surface area contributed by atoms with Gasteiger partial charge in [-0.2, -0.15) is 4.31 Å². The third kappa shape index (κ3) is 2.69. The van der Waals surface area contributed by atoms with Crippen LogP contribution in [-0.4, -0.2) is 35.4 Å². The summed E-state index contributed by atoms with van der Waals surface area (Å²) in [6.07, 6.45) is 5.29. The molecule has 0 aromatic carbocycles. The van der Waals surface area contributed by atoms with Gasteiger partial charge < -0.3 is 10.3 Å². The minimum absolute atomic E-state index is 0.0438. The van der Waals surface area contributed by atoms with E-state index in [1.165, 1.54) is 15.2 Å². The van der Waals surface area contributed by atoms with Crippen molar-refractivity contribution in [3.8, 4) is 0 Å². The van der Waals surface area contributed by atoms with Gasteiger partial charge in [0.2, 0.25) is 0 Å². The van der Waals surface area contributed by atoms with Crippen molar-refractivity contribution < 1.29 is 8.42 Å². The lowest BCUT2D eigenvalue weighted by molar-refractivity contribution is 0.174. The molecule has 6 nitrogen and oxygen atoms in total. The van der Waals surface area contributed by atoms with Gasteiger partial charge in [-0.1, -0.05) is 13.8 Å². The third-order valence-electron chi connectivity index (χ3n) is 4.36. The maximum absolute atomic E-state index is 12.7. The highest BCUT2D eigenvalue weighted by Gasteiger charge is 2.36. The van der Waals surface area contributed by atoms with Gasteiger partial charge in [0.1, 0.15) is 0 Å². The number of hydrogen-bond acceptors (Lipinski definition) is 4. The molecule has 0 atom stereocenters. The van der Waals surface area contributed by atoms with Crippen molar-refractivity contribution in [3.05, 3.63) is 6.33 Å². The van der Waals surface area contributed by atoms with Gasteiger partial charge in [0.25, 0.3) is 10.0 Å². The Morgan fingerprint density at radius 1 is 1.40 bits per heavy atom. The lowest BCUT2D eigenvalue weighted by atomic mass is 9.76. The largest absolute Gasteiger partial charge is 0.381 e. The fraction of sp³-hybridized carbons (Fsp3) is 0.769. The molecule has 0 spiro atoms. The molecule has 1 aromatic heterocycles. The van der Waals surface area contributed by atoms with Crippen molar-refractivity contribution in [3.63, 3.8) is 0 Å². The molecule has 2 N–H and O–H groups in total. The number of sulfonamides is 1. The summed E-state index contributed by atoms with van der Waals surface area (Å²) in [6.45, 7) is 4.47. The maximum atomic E-state index is 12.7. The molecule has 1 fully saturated rings. The molecular weight excluding hydrogens is 276 g/mol. The Morgan fingerprint density at radius 2 is 1.95 bits per heavy atom. The van der Waals surface area contributed by atoms with Crippen LogP contribution in [0.2, 0.25) is 0 Å². The van der Waals surface area contributed by atoms with E-state index < -0.39 is 10.0 Å². The monoisotopic (exact) mass is 300 g/mol. The van der Waals surface area contributed by atoms with Crippen LogP contribution in [0.15, 0.2) is 11.4 Å². The number of anilines is 1. The zero-order valence-corrected chi connectivity index (χ0v) is 13.4. The molecule has 114 valence electrons. The van der Waals surface area contributed by atoms with E-state index in [2.05, 4.69) is 18.8 Å². The number of aryl methyl sites for hydroxylation is 1. The molecular formula is C13H24N4O2S. The summed E-state index contributed by atoms with van der Waals surface area (Å²) in [6, 6.07) is 0.0438. The average molecular weight is 300 g/mol. The van der Waals surface area contributed by atoms with Crippen LogP contribution in [-0.2, 0) is 17.1 Å². The van der Waals surface area contributed by atoms with Crippen LogP contribution in [0.1, 0.15) is 39.5 Å². The van der Waals surface area contributed by atoms with E-state index in [4.69, 9.17) is 5.73 Å². The first-order valence-electron chi connectivity index (χ1n) is 6.90. The van der Waals surface area contributed by atoms with Crippen molar-refractivity contribution in [2.24, 2.45) is 12.5 Å². The van der Waals surface area contributed by atoms with Crippen LogP contribution in [0.3, 0.4) is 0 Å². The Morgan fingerprint density at radius 3 is 2.40 bits per heavy atom. The maximum Gasteiger partial charge on any atom is 0.262 e. The van der Waals surface area contributed by atoms with Crippen LogP contribution < -0.4 is 5.73 Å². The Kier molecular flexibility index (Phi) is 3.85. The van der Waals surface area contributed by atoms with E-state index in [1.54, 1.807) is 14.1 Å². The van der Waals surface area contributed by atoms with Gasteiger partial charge in [0.05, 0.1) is 6.33 Å². The first kappa shape index (κ1) is 15.3. The molecule has 0 saturated heterocycles. The second-order valence-electron chi connectivity index (χ2n) is 6.46. The summed E-state index contributed by atoms with van der Waals surface area (Å²) in [7, 11) is -0.295. The van der Waals surface area contributed by atoms with Crippen molar-refractivity contribution in [2.45, 2.75) is 50.6 Å². The highest BCUT2D eigenvalue weighted by atomic mass is 32.2. The number of imidazole rings is 1. The average Bonchev–Trinajstić information content (AvgIpc) is 2.68. The van der Waals surface area contributed by atoms with E-state index in [-0.39, 0.29) is 16.9 Å². The smallest absolute Gasteiger partial charge is 0.262 e. The van der Waals surface area contributed by atoms with Gasteiger partial charge >= 0.3 is 0 Å². The molecule has 1 aliphatic carbocycles. The molecule has 7 heteroatoms. The number of aromatic nitrogens is 2. The van der Waals surface area contributed by atoms with E-state index in [0.717, 1.165) is 25.7 Å². The Hall–Kier alpha value is -1.08. The highest BCUT2D eigenvalue weighted by Crippen LogP contribution is 2.38. The van der Waals surface area contributed by atoms with Gasteiger partial charge in [-0.15, -0.1) is 0 Å². The predicted molar refractivity (Wildman–Crippen MR) is 78.6 cm³/mol. The first-order valence-corrected chi connectivity index (χ1v) is 8.34. The Bertz CT molecular complexity index is 562. The van der Waals surface area contributed by atoms with Crippen LogP contribution in [0.25, 0.3) is 0 Å². The topological polar surface area (TPSA) is 81.2 Å². The van der Waals surface area contributed by atoms with E-state index in [1.807, 2.05) is 0 Å². The Balaban J connectivity index is 2.23. The quantitative estimate of drug-likeness (QED) is 0.919. The van der Waals surface area contributed by atoms with Gasteiger partial charge in [0.15, 0.2) is 10.8 Å². The summed E-state index contributed by atoms with van der Waals surface area (Å²) >= 11 is 0. The minimum Gasteiger partial charge on any atom is -0.381 e. The standard InChI is InChI=1S/C13H24N4O2S/c1-13(2)7-5-10(6-8-13)17(4)20(18,19)12-11(14)15-9-16(12)3/h9-10H,5-8,14H2,1-4H3. The van der Waals surface area contributed by atoms with Gasteiger partial charge in [-0.05, 0) is 31.1 Å². The summed E-state index contributed by atoms with van der Waals surface area (Å²) in [5, 5.41) is 0.0878. The lowest BCUT2D eigenvalue weighted by Gasteiger charge is -2.37. The summed E-state index contributed by atoms with van der Waals surface area (Å²) in [5.74, 6) is 0.0653. The summed E-state index contributed by atoms with van der Waals surface area (Å²) in [5.41, 5.74) is 6.01. The molecule has 2 rings (SSSR count). The van der Waals surface area contributed by atoms with Gasteiger partial charge in [-0.3, -0.25) is 0 Å². The Labute approximate surface area is 121 Å². The van der Waals surface area contributed by atoms with Gasteiger partial charge in [0, 0.05) is 20.1 Å².